The van der Waals surface area contributed by atoms with Crippen molar-refractivity contribution in [1.29, 1.82) is 0 Å². The Morgan fingerprint density at radius 3 is 2.71 bits per heavy atom. The van der Waals surface area contributed by atoms with Crippen LogP contribution >= 0.6 is 0 Å². The third kappa shape index (κ3) is 3.05. The normalized spacial score (nSPS) is 12.1. The Labute approximate surface area is 160 Å². The fraction of sp³-hybridized carbons (Fsp3) is 0.150. The molecule has 1 N–H and O–H groups in total. The first-order chi connectivity index (χ1) is 13.6. The summed E-state index contributed by atoms with van der Waals surface area (Å²) in [5, 5.41) is 7.23. The van der Waals surface area contributed by atoms with Gasteiger partial charge in [-0.3, -0.25) is 14.0 Å². The predicted molar refractivity (Wildman–Crippen MR) is 103 cm³/mol. The molecular formula is C20H18N6O2. The Balaban J connectivity index is 1.60. The van der Waals surface area contributed by atoms with Crippen LogP contribution in [0.2, 0.25) is 0 Å². The van der Waals surface area contributed by atoms with Crippen molar-refractivity contribution in [2.24, 2.45) is 0 Å². The first kappa shape index (κ1) is 17.6. The van der Waals surface area contributed by atoms with E-state index in [9.17, 15) is 9.59 Å². The van der Waals surface area contributed by atoms with Gasteiger partial charge >= 0.3 is 0 Å². The highest BCUT2D eigenvalue weighted by atomic mass is 16.2. The molecule has 4 aromatic heterocycles. The van der Waals surface area contributed by atoms with Crippen molar-refractivity contribution >= 4 is 11.6 Å². The lowest BCUT2D eigenvalue weighted by atomic mass is 10.1. The molecule has 4 rings (SSSR count). The van der Waals surface area contributed by atoms with E-state index in [2.05, 4.69) is 20.4 Å². The molecule has 4 heterocycles. The number of nitrogens with zero attached hydrogens (tertiary/aromatic N) is 5. The minimum Gasteiger partial charge on any atom is -0.345 e. The number of carbonyl (C=O) groups excluding carboxylic acids is 1. The molecule has 0 saturated heterocycles. The molecule has 0 saturated carbocycles. The monoisotopic (exact) mass is 374 g/mol. The van der Waals surface area contributed by atoms with Gasteiger partial charge in [-0.15, -0.1) is 0 Å². The molecule has 8 heteroatoms. The van der Waals surface area contributed by atoms with Crippen LogP contribution in [0.25, 0.3) is 11.5 Å². The number of hydrogen-bond acceptors (Lipinski definition) is 5. The Bertz CT molecular complexity index is 1210. The molecule has 28 heavy (non-hydrogen) atoms. The summed E-state index contributed by atoms with van der Waals surface area (Å²) in [7, 11) is 0. The SMILES string of the molecule is Cc1c(C(C)NC(=O)c2cnc3ccccn3c2=O)cnn1-c1ccccn1. The maximum Gasteiger partial charge on any atom is 0.270 e. The van der Waals surface area contributed by atoms with Crippen molar-refractivity contribution in [1.82, 2.24) is 29.5 Å². The quantitative estimate of drug-likeness (QED) is 0.590. The van der Waals surface area contributed by atoms with Crippen LogP contribution < -0.4 is 10.9 Å². The van der Waals surface area contributed by atoms with Crippen LogP contribution in [0.4, 0.5) is 0 Å². The molecule has 140 valence electrons. The lowest BCUT2D eigenvalue weighted by Crippen LogP contribution is -2.33. The van der Waals surface area contributed by atoms with E-state index < -0.39 is 11.5 Å². The first-order valence-corrected chi connectivity index (χ1v) is 8.79. The summed E-state index contributed by atoms with van der Waals surface area (Å²) in [6, 6.07) is 10.4. The van der Waals surface area contributed by atoms with E-state index >= 15 is 0 Å². The molecule has 0 spiro atoms. The van der Waals surface area contributed by atoms with Gasteiger partial charge in [0, 0.05) is 29.8 Å². The molecule has 0 radical (unpaired) electrons. The summed E-state index contributed by atoms with van der Waals surface area (Å²) in [5.74, 6) is 0.218. The molecule has 0 aliphatic heterocycles. The molecule has 1 amide bonds. The van der Waals surface area contributed by atoms with Crippen molar-refractivity contribution in [3.05, 3.63) is 88.4 Å². The van der Waals surface area contributed by atoms with E-state index in [1.54, 1.807) is 41.5 Å². The number of amides is 1. The maximum absolute atomic E-state index is 12.7. The van der Waals surface area contributed by atoms with Gasteiger partial charge in [0.25, 0.3) is 11.5 Å². The van der Waals surface area contributed by atoms with Crippen LogP contribution in [-0.2, 0) is 0 Å². The summed E-state index contributed by atoms with van der Waals surface area (Å²) in [4.78, 5) is 33.7. The average molecular weight is 374 g/mol. The molecule has 0 bridgehead atoms. The highest BCUT2D eigenvalue weighted by Crippen LogP contribution is 2.19. The summed E-state index contributed by atoms with van der Waals surface area (Å²) in [6.45, 7) is 3.75. The Morgan fingerprint density at radius 2 is 1.93 bits per heavy atom. The number of aromatic nitrogens is 5. The van der Waals surface area contributed by atoms with Crippen molar-refractivity contribution in [3.63, 3.8) is 0 Å². The number of nitrogens with one attached hydrogen (secondary N) is 1. The van der Waals surface area contributed by atoms with Gasteiger partial charge in [0.15, 0.2) is 5.82 Å². The van der Waals surface area contributed by atoms with Crippen molar-refractivity contribution < 1.29 is 4.79 Å². The zero-order valence-electron chi connectivity index (χ0n) is 15.4. The second-order valence-electron chi connectivity index (χ2n) is 6.39. The smallest absolute Gasteiger partial charge is 0.270 e. The molecule has 4 aromatic rings. The number of hydrogen-bond donors (Lipinski definition) is 1. The van der Waals surface area contributed by atoms with Crippen molar-refractivity contribution in [2.45, 2.75) is 19.9 Å². The lowest BCUT2D eigenvalue weighted by Gasteiger charge is -2.14. The largest absolute Gasteiger partial charge is 0.345 e. The minimum atomic E-state index is -0.478. The second kappa shape index (κ2) is 7.07. The third-order valence-electron chi connectivity index (χ3n) is 4.59. The zero-order valence-corrected chi connectivity index (χ0v) is 15.4. The molecule has 1 unspecified atom stereocenters. The maximum atomic E-state index is 12.7. The van der Waals surface area contributed by atoms with Crippen LogP contribution in [-0.4, -0.2) is 30.1 Å². The van der Waals surface area contributed by atoms with E-state index in [-0.39, 0.29) is 11.6 Å². The molecule has 1 atom stereocenters. The third-order valence-corrected chi connectivity index (χ3v) is 4.59. The topological polar surface area (TPSA) is 94.2 Å². The van der Waals surface area contributed by atoms with Crippen LogP contribution in [0.15, 0.2) is 66.0 Å². The minimum absolute atomic E-state index is 0.00896. The first-order valence-electron chi connectivity index (χ1n) is 8.79. The number of carbonyl (C=O) groups is 1. The van der Waals surface area contributed by atoms with Crippen LogP contribution in [0, 0.1) is 6.92 Å². The van der Waals surface area contributed by atoms with E-state index in [1.807, 2.05) is 32.0 Å². The summed E-state index contributed by atoms with van der Waals surface area (Å²) < 4.78 is 3.06. The standard InChI is InChI=1S/C20H18N6O2/c1-13(15-12-23-26(14(15)2)18-8-3-5-9-21-18)24-19(27)16-11-22-17-7-4-6-10-25(17)20(16)28/h3-13H,1-2H3,(H,24,27). The Kier molecular flexibility index (Phi) is 4.44. The molecular weight excluding hydrogens is 356 g/mol. The Hall–Kier alpha value is -3.81. The zero-order chi connectivity index (χ0) is 19.7. The predicted octanol–water partition coefficient (Wildman–Crippen LogP) is 2.07. The summed E-state index contributed by atoms with van der Waals surface area (Å²) in [5.41, 5.74) is 1.78. The average Bonchev–Trinajstić information content (AvgIpc) is 3.10. The van der Waals surface area contributed by atoms with Gasteiger partial charge in [0.1, 0.15) is 11.2 Å². The van der Waals surface area contributed by atoms with Gasteiger partial charge in [-0.25, -0.2) is 14.6 Å². The molecule has 0 aromatic carbocycles. The van der Waals surface area contributed by atoms with Gasteiger partial charge in [-0.1, -0.05) is 12.1 Å². The van der Waals surface area contributed by atoms with Gasteiger partial charge in [-0.05, 0) is 38.1 Å². The number of rotatable bonds is 4. The summed E-state index contributed by atoms with van der Waals surface area (Å²) in [6.07, 6.45) is 6.29. The highest BCUT2D eigenvalue weighted by molar-refractivity contribution is 5.94. The summed E-state index contributed by atoms with van der Waals surface area (Å²) >= 11 is 0. The van der Waals surface area contributed by atoms with E-state index in [4.69, 9.17) is 0 Å². The van der Waals surface area contributed by atoms with Gasteiger partial charge in [0.05, 0.1) is 12.2 Å². The lowest BCUT2D eigenvalue weighted by molar-refractivity contribution is 0.0937. The molecule has 8 nitrogen and oxygen atoms in total. The second-order valence-corrected chi connectivity index (χ2v) is 6.39. The number of pyridine rings is 2. The Morgan fingerprint density at radius 1 is 1.11 bits per heavy atom. The van der Waals surface area contributed by atoms with Crippen LogP contribution in [0.1, 0.15) is 34.6 Å². The highest BCUT2D eigenvalue weighted by Gasteiger charge is 2.19. The molecule has 0 fully saturated rings. The van der Waals surface area contributed by atoms with E-state index in [0.29, 0.717) is 11.5 Å². The van der Waals surface area contributed by atoms with Crippen molar-refractivity contribution in [2.75, 3.05) is 0 Å². The fourth-order valence-electron chi connectivity index (χ4n) is 3.09. The van der Waals surface area contributed by atoms with Gasteiger partial charge in [-0.2, -0.15) is 5.10 Å². The fourth-order valence-corrected chi connectivity index (χ4v) is 3.09. The van der Waals surface area contributed by atoms with Crippen molar-refractivity contribution in [3.8, 4) is 5.82 Å². The van der Waals surface area contributed by atoms with E-state index in [1.165, 1.54) is 10.6 Å². The van der Waals surface area contributed by atoms with Crippen LogP contribution in [0.5, 0.6) is 0 Å². The van der Waals surface area contributed by atoms with Gasteiger partial charge in [0.2, 0.25) is 0 Å². The number of fused-ring (bicyclic) bond motifs is 1. The van der Waals surface area contributed by atoms with Crippen LogP contribution in [0.3, 0.4) is 0 Å². The molecule has 0 aliphatic rings. The van der Waals surface area contributed by atoms with Gasteiger partial charge < -0.3 is 5.32 Å². The van der Waals surface area contributed by atoms with E-state index in [0.717, 1.165) is 11.3 Å². The molecule has 0 aliphatic carbocycles.